The monoisotopic (exact) mass is 818 g/mol. The summed E-state index contributed by atoms with van der Waals surface area (Å²) in [4.78, 5) is 33.4. The highest BCUT2D eigenvalue weighted by molar-refractivity contribution is 7.89. The van der Waals surface area contributed by atoms with Crippen molar-refractivity contribution in [2.24, 2.45) is 0 Å². The molecule has 56 heavy (non-hydrogen) atoms. The highest BCUT2D eigenvalue weighted by Crippen LogP contribution is 2.39. The molecule has 1 saturated heterocycles. The van der Waals surface area contributed by atoms with Crippen LogP contribution in [0.2, 0.25) is 10.0 Å². The van der Waals surface area contributed by atoms with Crippen molar-refractivity contribution >= 4 is 50.0 Å². The third-order valence-electron chi connectivity index (χ3n) is 9.81. The predicted octanol–water partition coefficient (Wildman–Crippen LogP) is 6.83. The molecule has 3 heterocycles. The Morgan fingerprint density at radius 1 is 0.929 bits per heavy atom. The number of benzene rings is 4. The summed E-state index contributed by atoms with van der Waals surface area (Å²) in [6.45, 7) is 0.776. The fourth-order valence-corrected chi connectivity index (χ4v) is 8.83. The molecule has 1 unspecified atom stereocenters. The van der Waals surface area contributed by atoms with Crippen LogP contribution >= 0.6 is 23.2 Å². The van der Waals surface area contributed by atoms with Crippen molar-refractivity contribution in [3.05, 3.63) is 140 Å². The van der Waals surface area contributed by atoms with Gasteiger partial charge in [0.2, 0.25) is 15.9 Å². The number of carbonyl (C=O) groups is 1. The molecule has 0 radical (unpaired) electrons. The van der Waals surface area contributed by atoms with Crippen LogP contribution in [0.25, 0.3) is 27.7 Å². The van der Waals surface area contributed by atoms with Gasteiger partial charge in [-0.3, -0.25) is 18.8 Å². The zero-order valence-electron chi connectivity index (χ0n) is 29.7. The number of aromatic nitrogens is 4. The first-order chi connectivity index (χ1) is 26.9. The molecule has 288 valence electrons. The normalized spacial score (nSPS) is 15.6. The van der Waals surface area contributed by atoms with Crippen LogP contribution in [-0.4, -0.2) is 64.3 Å². The van der Waals surface area contributed by atoms with Crippen LogP contribution in [0.5, 0.6) is 0 Å². The number of nitrogens with zero attached hydrogens (tertiary/aromatic N) is 5. The van der Waals surface area contributed by atoms with Crippen molar-refractivity contribution < 1.29 is 26.7 Å². The molecule has 0 bridgehead atoms. The lowest BCUT2D eigenvalue weighted by Crippen LogP contribution is -2.40. The van der Waals surface area contributed by atoms with E-state index in [4.69, 9.17) is 32.9 Å². The Morgan fingerprint density at radius 2 is 1.66 bits per heavy atom. The third kappa shape index (κ3) is 7.98. The Morgan fingerprint density at radius 3 is 2.36 bits per heavy atom. The minimum atomic E-state index is -3.87. The molecule has 8 rings (SSSR count). The molecule has 1 aliphatic heterocycles. The topological polar surface area (TPSA) is 128 Å². The Bertz CT molecular complexity index is 2620. The minimum absolute atomic E-state index is 0.0147. The molecule has 1 atom stereocenters. The number of amides is 1. The van der Waals surface area contributed by atoms with E-state index in [1.807, 2.05) is 6.07 Å². The predicted molar refractivity (Wildman–Crippen MR) is 208 cm³/mol. The van der Waals surface area contributed by atoms with Gasteiger partial charge in [-0.05, 0) is 90.7 Å². The zero-order chi connectivity index (χ0) is 39.1. The minimum Gasteiger partial charge on any atom is -0.379 e. The lowest BCUT2D eigenvalue weighted by molar-refractivity contribution is -0.122. The number of nitrogens with one attached hydrogen (secondary N) is 1. The Balaban J connectivity index is 1.26. The third-order valence-corrected chi connectivity index (χ3v) is 12.3. The number of fused-ring (bicyclic) bond motifs is 1. The van der Waals surface area contributed by atoms with Gasteiger partial charge in [-0.15, -0.1) is 0 Å². The van der Waals surface area contributed by atoms with Crippen molar-refractivity contribution in [1.29, 1.82) is 0 Å². The molecule has 4 aromatic carbocycles. The molecule has 2 fully saturated rings. The number of morpholine rings is 1. The van der Waals surface area contributed by atoms with E-state index in [2.05, 4.69) is 10.4 Å². The first-order valence-electron chi connectivity index (χ1n) is 17.9. The molecule has 1 aliphatic carbocycles. The SMILES string of the molecule is O=C(Cn1ccc(C2CC2)n1)NC(Cc1cc(F)cc(F)c1)c1nc2cc(-c3ccc(Cl)cc3Cl)ccc2c(=O)n1-c1ccc(S(=O)(=O)N2CCOCC2)cc1. The standard InChI is InChI=1S/C40H34Cl2F2N6O5S/c41-27-4-10-32(34(42)21-27)26-3-9-33-36(20-26)46-39(50(40(33)52)30-5-7-31(8-6-30)56(53,54)49-13-15-55-16-14-49)37(19-24-17-28(43)22-29(44)18-24)45-38(51)23-48-12-11-35(47-48)25-1-2-25/h3-12,17-18,20-22,25,37H,1-2,13-16,19,23H2,(H,45,51). The number of rotatable bonds is 11. The van der Waals surface area contributed by atoms with Crippen molar-refractivity contribution in [1.82, 2.24) is 29.0 Å². The smallest absolute Gasteiger partial charge is 0.266 e. The van der Waals surface area contributed by atoms with E-state index in [0.717, 1.165) is 36.7 Å². The van der Waals surface area contributed by atoms with E-state index in [9.17, 15) is 26.8 Å². The summed E-state index contributed by atoms with van der Waals surface area (Å²) in [7, 11) is -3.87. The van der Waals surface area contributed by atoms with Crippen molar-refractivity contribution in [3.63, 3.8) is 0 Å². The van der Waals surface area contributed by atoms with E-state index in [1.165, 1.54) is 37.8 Å². The van der Waals surface area contributed by atoms with Gasteiger partial charge in [0.1, 0.15) is 24.0 Å². The number of sulfonamides is 1. The van der Waals surface area contributed by atoms with E-state index in [0.29, 0.717) is 27.1 Å². The van der Waals surface area contributed by atoms with E-state index >= 15 is 0 Å². The fraction of sp³-hybridized carbons (Fsp3) is 0.250. The molecular formula is C40H34Cl2F2N6O5S. The molecule has 6 aromatic rings. The second-order valence-corrected chi connectivity index (χ2v) is 16.6. The van der Waals surface area contributed by atoms with E-state index in [-0.39, 0.29) is 72.1 Å². The maximum atomic E-state index is 14.6. The van der Waals surface area contributed by atoms with Crippen LogP contribution in [0.1, 0.15) is 41.9 Å². The van der Waals surface area contributed by atoms with Gasteiger partial charge >= 0.3 is 0 Å². The fourth-order valence-electron chi connectivity index (χ4n) is 6.90. The van der Waals surface area contributed by atoms with Gasteiger partial charge in [0.05, 0.1) is 46.4 Å². The lowest BCUT2D eigenvalue weighted by atomic mass is 10.0. The lowest BCUT2D eigenvalue weighted by Gasteiger charge is -2.26. The van der Waals surface area contributed by atoms with Gasteiger partial charge in [-0.1, -0.05) is 35.3 Å². The first-order valence-corrected chi connectivity index (χ1v) is 20.1. The van der Waals surface area contributed by atoms with Crippen molar-refractivity contribution in [2.45, 2.75) is 42.7 Å². The van der Waals surface area contributed by atoms with Gasteiger partial charge in [0.15, 0.2) is 0 Å². The Hall–Kier alpha value is -4.99. The summed E-state index contributed by atoms with van der Waals surface area (Å²) in [5.74, 6) is -1.73. The molecule has 16 heteroatoms. The largest absolute Gasteiger partial charge is 0.379 e. The summed E-state index contributed by atoms with van der Waals surface area (Å²) in [5, 5.41) is 8.51. The maximum absolute atomic E-state index is 14.6. The molecule has 2 aromatic heterocycles. The summed E-state index contributed by atoms with van der Waals surface area (Å²) in [6.07, 6.45) is 3.61. The van der Waals surface area contributed by atoms with E-state index in [1.54, 1.807) is 42.6 Å². The van der Waals surface area contributed by atoms with Gasteiger partial charge in [0.25, 0.3) is 5.56 Å². The molecule has 0 spiro atoms. The number of halogens is 4. The summed E-state index contributed by atoms with van der Waals surface area (Å²) >= 11 is 12.7. The van der Waals surface area contributed by atoms with Crippen LogP contribution < -0.4 is 10.9 Å². The highest BCUT2D eigenvalue weighted by atomic mass is 35.5. The molecular weight excluding hydrogens is 785 g/mol. The second-order valence-electron chi connectivity index (χ2n) is 13.8. The maximum Gasteiger partial charge on any atom is 0.266 e. The molecule has 11 nitrogen and oxygen atoms in total. The molecule has 1 amide bonds. The average molecular weight is 820 g/mol. The van der Waals surface area contributed by atoms with Crippen LogP contribution in [0.15, 0.2) is 101 Å². The van der Waals surface area contributed by atoms with Gasteiger partial charge in [-0.2, -0.15) is 9.40 Å². The molecule has 1 saturated carbocycles. The second kappa shape index (κ2) is 15.5. The summed E-state index contributed by atoms with van der Waals surface area (Å²) in [5.41, 5.74) is 2.31. The number of hydrogen-bond acceptors (Lipinski definition) is 7. The first kappa shape index (κ1) is 37.9. The van der Waals surface area contributed by atoms with Crippen LogP contribution in [0.3, 0.4) is 0 Å². The number of carbonyl (C=O) groups excluding carboxylic acids is 1. The van der Waals surface area contributed by atoms with Crippen LogP contribution in [0, 0.1) is 11.6 Å². The Labute approximate surface area is 330 Å². The van der Waals surface area contributed by atoms with Crippen LogP contribution in [-0.2, 0) is 32.5 Å². The zero-order valence-corrected chi connectivity index (χ0v) is 32.0. The van der Waals surface area contributed by atoms with Crippen molar-refractivity contribution in [2.75, 3.05) is 26.3 Å². The number of ether oxygens (including phenoxy) is 1. The number of hydrogen-bond donors (Lipinski definition) is 1. The summed E-state index contributed by atoms with van der Waals surface area (Å²) < 4.78 is 65.5. The quantitative estimate of drug-likeness (QED) is 0.152. The molecule has 2 aliphatic rings. The van der Waals surface area contributed by atoms with Crippen LogP contribution in [0.4, 0.5) is 8.78 Å². The highest BCUT2D eigenvalue weighted by Gasteiger charge is 2.29. The van der Waals surface area contributed by atoms with Gasteiger partial charge in [0, 0.05) is 53.3 Å². The van der Waals surface area contributed by atoms with Crippen molar-refractivity contribution in [3.8, 4) is 16.8 Å². The Kier molecular flexibility index (Phi) is 10.5. The van der Waals surface area contributed by atoms with Gasteiger partial charge in [-0.25, -0.2) is 22.2 Å². The van der Waals surface area contributed by atoms with Gasteiger partial charge < -0.3 is 10.1 Å². The van der Waals surface area contributed by atoms with E-state index < -0.39 is 39.2 Å². The average Bonchev–Trinajstić information content (AvgIpc) is 3.92. The molecule has 1 N–H and O–H groups in total. The summed E-state index contributed by atoms with van der Waals surface area (Å²) in [6, 6.07) is 19.6.